The lowest BCUT2D eigenvalue weighted by molar-refractivity contribution is 0.429. The van der Waals surface area contributed by atoms with Gasteiger partial charge in [0.15, 0.2) is 0 Å². The van der Waals surface area contributed by atoms with Gasteiger partial charge in [0.1, 0.15) is 0 Å². The van der Waals surface area contributed by atoms with E-state index in [0.29, 0.717) is 0 Å². The minimum atomic E-state index is 0.779. The summed E-state index contributed by atoms with van der Waals surface area (Å²) in [5.74, 6) is 0.779. The fourth-order valence-corrected chi connectivity index (χ4v) is 4.62. The highest BCUT2D eigenvalue weighted by atomic mass is 15.3. The molecular weight excluding hydrogens is 344 g/mol. The number of hydrogen-bond acceptors (Lipinski definition) is 3. The first-order valence-electron chi connectivity index (χ1n) is 10.2. The number of rotatable bonds is 4. The van der Waals surface area contributed by atoms with Gasteiger partial charge in [-0.15, -0.1) is 0 Å². The first kappa shape index (κ1) is 17.2. The highest BCUT2D eigenvalue weighted by Crippen LogP contribution is 2.36. The Morgan fingerprint density at radius 1 is 1.11 bits per heavy atom. The smallest absolute Gasteiger partial charge is 0.0781 e. The van der Waals surface area contributed by atoms with Gasteiger partial charge in [-0.2, -0.15) is 5.10 Å². The van der Waals surface area contributed by atoms with Crippen LogP contribution in [0.3, 0.4) is 0 Å². The third kappa shape index (κ3) is 3.03. The maximum Gasteiger partial charge on any atom is 0.0781 e. The zero-order valence-electron chi connectivity index (χ0n) is 16.4. The van der Waals surface area contributed by atoms with Crippen LogP contribution in [0, 0.1) is 5.92 Å². The van der Waals surface area contributed by atoms with Crippen molar-refractivity contribution >= 4 is 5.70 Å². The Balaban J connectivity index is 1.49. The lowest BCUT2D eigenvalue weighted by Gasteiger charge is -2.11. The molecule has 0 amide bonds. The lowest BCUT2D eigenvalue weighted by Crippen LogP contribution is -2.07. The summed E-state index contributed by atoms with van der Waals surface area (Å²) in [6, 6.07) is 10.8. The molecule has 5 rings (SSSR count). The summed E-state index contributed by atoms with van der Waals surface area (Å²) in [7, 11) is 2.09. The van der Waals surface area contributed by atoms with Gasteiger partial charge in [-0.3, -0.25) is 9.67 Å². The summed E-state index contributed by atoms with van der Waals surface area (Å²) in [6.45, 7) is 6.19. The average Bonchev–Trinajstić information content (AvgIpc) is 3.45. The molecule has 3 aromatic rings. The Labute approximate surface area is 166 Å². The van der Waals surface area contributed by atoms with E-state index in [1.54, 1.807) is 0 Å². The van der Waals surface area contributed by atoms with E-state index in [2.05, 4.69) is 58.8 Å². The van der Waals surface area contributed by atoms with E-state index in [4.69, 9.17) is 4.98 Å². The first-order chi connectivity index (χ1) is 13.7. The minimum Gasteiger partial charge on any atom is -0.370 e. The van der Waals surface area contributed by atoms with E-state index in [1.165, 1.54) is 36.8 Å². The van der Waals surface area contributed by atoms with Crippen LogP contribution in [0.4, 0.5) is 0 Å². The van der Waals surface area contributed by atoms with Crippen LogP contribution in [-0.2, 0) is 13.1 Å². The van der Waals surface area contributed by atoms with Crippen molar-refractivity contribution < 1.29 is 0 Å². The van der Waals surface area contributed by atoms with E-state index < -0.39 is 0 Å². The fraction of sp³-hybridized carbons (Fsp3) is 0.333. The van der Waals surface area contributed by atoms with Crippen LogP contribution in [0.15, 0.2) is 55.5 Å². The van der Waals surface area contributed by atoms with Crippen LogP contribution in [0.2, 0.25) is 0 Å². The van der Waals surface area contributed by atoms with Crippen molar-refractivity contribution in [2.45, 2.75) is 38.8 Å². The van der Waals surface area contributed by atoms with Crippen molar-refractivity contribution in [3.05, 3.63) is 66.6 Å². The third-order valence-corrected chi connectivity index (χ3v) is 6.23. The normalized spacial score (nSPS) is 16.8. The predicted octanol–water partition coefficient (Wildman–Crippen LogP) is 5.22. The van der Waals surface area contributed by atoms with Crippen LogP contribution in [0.1, 0.15) is 36.8 Å². The Morgan fingerprint density at radius 2 is 1.96 bits per heavy atom. The molecule has 0 N–H and O–H groups in total. The van der Waals surface area contributed by atoms with Gasteiger partial charge >= 0.3 is 0 Å². The van der Waals surface area contributed by atoms with Crippen molar-refractivity contribution in [2.75, 3.05) is 7.05 Å². The van der Waals surface area contributed by atoms with Crippen molar-refractivity contribution in [1.29, 1.82) is 0 Å². The van der Waals surface area contributed by atoms with Crippen LogP contribution in [0.5, 0.6) is 0 Å². The second-order valence-electron chi connectivity index (χ2n) is 8.18. The van der Waals surface area contributed by atoms with Gasteiger partial charge in [0.2, 0.25) is 0 Å². The topological polar surface area (TPSA) is 34.0 Å². The maximum atomic E-state index is 4.73. The molecule has 1 saturated carbocycles. The molecule has 3 heterocycles. The molecule has 142 valence electrons. The Kier molecular flexibility index (Phi) is 4.27. The largest absolute Gasteiger partial charge is 0.370 e. The van der Waals surface area contributed by atoms with Crippen LogP contribution >= 0.6 is 0 Å². The van der Waals surface area contributed by atoms with Gasteiger partial charge in [-0.1, -0.05) is 37.6 Å². The molecule has 0 bridgehead atoms. The molecule has 0 spiro atoms. The molecule has 4 heteroatoms. The molecule has 2 aliphatic rings. The van der Waals surface area contributed by atoms with E-state index in [0.717, 1.165) is 47.1 Å². The summed E-state index contributed by atoms with van der Waals surface area (Å²) >= 11 is 0. The fourth-order valence-electron chi connectivity index (χ4n) is 4.62. The van der Waals surface area contributed by atoms with Crippen LogP contribution in [-0.4, -0.2) is 26.7 Å². The predicted molar refractivity (Wildman–Crippen MR) is 113 cm³/mol. The molecule has 0 atom stereocenters. The van der Waals surface area contributed by atoms with Crippen molar-refractivity contribution in [3.63, 3.8) is 0 Å². The molecule has 28 heavy (non-hydrogen) atoms. The molecule has 0 radical (unpaired) electrons. The molecule has 1 aromatic carbocycles. The van der Waals surface area contributed by atoms with Gasteiger partial charge in [0, 0.05) is 60.5 Å². The quantitative estimate of drug-likeness (QED) is 0.631. The average molecular weight is 371 g/mol. The highest BCUT2D eigenvalue weighted by Gasteiger charge is 2.21. The van der Waals surface area contributed by atoms with E-state index >= 15 is 0 Å². The first-order valence-corrected chi connectivity index (χ1v) is 10.2. The summed E-state index contributed by atoms with van der Waals surface area (Å²) in [5, 5.41) is 4.64. The standard InChI is InChI=1S/C24H26N4/c1-17-23-12-19(9-10-20(23)15-27(17)2)24-22(8-5-11-25-24)21-13-26-28(16-21)14-18-6-3-4-7-18/h5,8-13,16,18H,1,3-4,6-7,14-15H2,2H3. The molecule has 1 fully saturated rings. The van der Waals surface area contributed by atoms with E-state index in [1.807, 2.05) is 18.5 Å². The van der Waals surface area contributed by atoms with Gasteiger partial charge in [-0.25, -0.2) is 0 Å². The van der Waals surface area contributed by atoms with Gasteiger partial charge in [-0.05, 0) is 36.5 Å². The Bertz CT molecular complexity index is 1030. The number of hydrogen-bond donors (Lipinski definition) is 0. The molecular formula is C24H26N4. The minimum absolute atomic E-state index is 0.779. The van der Waals surface area contributed by atoms with Gasteiger partial charge < -0.3 is 4.90 Å². The Hall–Kier alpha value is -2.88. The Morgan fingerprint density at radius 3 is 2.82 bits per heavy atom. The number of fused-ring (bicyclic) bond motifs is 1. The number of benzene rings is 1. The summed E-state index contributed by atoms with van der Waals surface area (Å²) < 4.78 is 2.11. The van der Waals surface area contributed by atoms with E-state index in [9.17, 15) is 0 Å². The van der Waals surface area contributed by atoms with Crippen molar-refractivity contribution in [3.8, 4) is 22.4 Å². The summed E-state index contributed by atoms with van der Waals surface area (Å²) in [5.41, 5.74) is 8.06. The number of nitrogens with zero attached hydrogens (tertiary/aromatic N) is 4. The number of aromatic nitrogens is 3. The molecule has 4 nitrogen and oxygen atoms in total. The van der Waals surface area contributed by atoms with Gasteiger partial charge in [0.25, 0.3) is 0 Å². The maximum absolute atomic E-state index is 4.73. The molecule has 0 saturated heterocycles. The summed E-state index contributed by atoms with van der Waals surface area (Å²) in [4.78, 5) is 6.92. The molecule has 2 aromatic heterocycles. The second-order valence-corrected chi connectivity index (χ2v) is 8.18. The molecule has 1 aliphatic carbocycles. The zero-order valence-corrected chi connectivity index (χ0v) is 16.4. The van der Waals surface area contributed by atoms with Crippen molar-refractivity contribution in [1.82, 2.24) is 19.7 Å². The second kappa shape index (κ2) is 6.93. The highest BCUT2D eigenvalue weighted by molar-refractivity contribution is 5.82. The zero-order chi connectivity index (χ0) is 19.1. The van der Waals surface area contributed by atoms with Gasteiger partial charge in [0.05, 0.1) is 11.9 Å². The number of pyridine rings is 1. The monoisotopic (exact) mass is 370 g/mol. The van der Waals surface area contributed by atoms with Crippen molar-refractivity contribution in [2.24, 2.45) is 5.92 Å². The van der Waals surface area contributed by atoms with Crippen LogP contribution < -0.4 is 0 Å². The SMILES string of the molecule is C=C1c2cc(-c3ncccc3-c3cnn(CC4CCCC4)c3)ccc2CN1C. The summed E-state index contributed by atoms with van der Waals surface area (Å²) in [6.07, 6.45) is 11.4. The van der Waals surface area contributed by atoms with E-state index in [-0.39, 0.29) is 0 Å². The lowest BCUT2D eigenvalue weighted by atomic mass is 9.98. The molecule has 0 unspecified atom stereocenters. The third-order valence-electron chi connectivity index (χ3n) is 6.23. The van der Waals surface area contributed by atoms with Crippen LogP contribution in [0.25, 0.3) is 28.1 Å². The molecule has 1 aliphatic heterocycles.